The van der Waals surface area contributed by atoms with E-state index in [9.17, 15) is 4.79 Å². The third-order valence-corrected chi connectivity index (χ3v) is 1.12. The van der Waals surface area contributed by atoms with Crippen LogP contribution in [0.2, 0.25) is 0 Å². The largest absolute Gasteiger partial charge is 0.415 e. The van der Waals surface area contributed by atoms with E-state index in [1.54, 1.807) is 0 Å². The zero-order chi connectivity index (χ0) is 7.98. The Morgan fingerprint density at radius 2 is 2.30 bits per heavy atom. The topological polar surface area (TPSA) is 50.2 Å². The summed E-state index contributed by atoms with van der Waals surface area (Å²) in [5, 5.41) is 6.45. The fourth-order valence-corrected chi connectivity index (χ4v) is 0.531. The minimum Gasteiger partial charge on any atom is -0.415 e. The van der Waals surface area contributed by atoms with Crippen LogP contribution in [0.5, 0.6) is 0 Å². The molecule has 3 nitrogen and oxygen atoms in total. The Hall–Kier alpha value is -0.860. The molecule has 0 rings (SSSR count). The molecule has 10 heavy (non-hydrogen) atoms. The molecule has 1 N–H and O–H groups in total. The summed E-state index contributed by atoms with van der Waals surface area (Å²) in [5.41, 5.74) is 0. The van der Waals surface area contributed by atoms with E-state index in [-0.39, 0.29) is 5.97 Å². The molecule has 0 saturated carbocycles. The summed E-state index contributed by atoms with van der Waals surface area (Å²) < 4.78 is 4.30. The summed E-state index contributed by atoms with van der Waals surface area (Å²) >= 11 is 0. The summed E-state index contributed by atoms with van der Waals surface area (Å²) in [6.45, 7) is 4.08. The van der Waals surface area contributed by atoms with Crippen LogP contribution in [0, 0.1) is 11.3 Å². The first-order valence-corrected chi connectivity index (χ1v) is 3.35. The molecule has 0 amide bonds. The second kappa shape index (κ2) is 4.97. The molecule has 0 aromatic rings. The summed E-state index contributed by atoms with van der Waals surface area (Å²) in [7, 11) is 0. The van der Waals surface area contributed by atoms with Gasteiger partial charge >= 0.3 is 5.97 Å². The number of carbonyl (C=O) groups is 1. The smallest absolute Gasteiger partial charge is 0.312 e. The number of hydrogen-bond acceptors (Lipinski definition) is 3. The van der Waals surface area contributed by atoms with Crippen molar-refractivity contribution in [2.75, 3.05) is 0 Å². The van der Waals surface area contributed by atoms with Crippen molar-refractivity contribution in [3.63, 3.8) is 0 Å². The Kier molecular flexibility index (Phi) is 4.54. The molecule has 0 spiro atoms. The third kappa shape index (κ3) is 5.28. The van der Waals surface area contributed by atoms with Crippen LogP contribution in [0.15, 0.2) is 0 Å². The maximum absolute atomic E-state index is 10.6. The number of carbonyl (C=O) groups excluding carboxylic acids is 1. The van der Waals surface area contributed by atoms with Gasteiger partial charge in [-0.05, 0) is 12.3 Å². The molecule has 0 aromatic heterocycles. The lowest BCUT2D eigenvalue weighted by atomic mass is 10.1. The van der Waals surface area contributed by atoms with E-state index < -0.39 is 0 Å². The number of rotatable bonds is 4. The minimum absolute atomic E-state index is 0.316. The van der Waals surface area contributed by atoms with Crippen LogP contribution in [0.25, 0.3) is 0 Å². The Labute approximate surface area is 60.9 Å². The highest BCUT2D eigenvalue weighted by molar-refractivity contribution is 5.76. The molecule has 0 atom stereocenters. The number of ether oxygens (including phenoxy) is 1. The third-order valence-electron chi connectivity index (χ3n) is 1.12. The number of nitrogens with one attached hydrogen (secondary N) is 1. The summed E-state index contributed by atoms with van der Waals surface area (Å²) in [6.07, 6.45) is 1.91. The highest BCUT2D eigenvalue weighted by atomic mass is 16.5. The van der Waals surface area contributed by atoms with Crippen molar-refractivity contribution in [3.05, 3.63) is 0 Å². The number of esters is 1. The molecule has 0 aromatic carbocycles. The van der Waals surface area contributed by atoms with Crippen LogP contribution in [-0.2, 0) is 9.53 Å². The predicted octanol–water partition coefficient (Wildman–Crippen LogP) is 1.57. The van der Waals surface area contributed by atoms with Crippen molar-refractivity contribution in [2.45, 2.75) is 26.7 Å². The molecule has 0 saturated heterocycles. The molecular formula is C7H13NO2. The average Bonchev–Trinajstić information content (AvgIpc) is 1.85. The van der Waals surface area contributed by atoms with Gasteiger partial charge < -0.3 is 4.74 Å². The lowest BCUT2D eigenvalue weighted by molar-refractivity contribution is -0.135. The summed E-state index contributed by atoms with van der Waals surface area (Å²) in [6, 6.07) is 0. The molecular weight excluding hydrogens is 130 g/mol. The van der Waals surface area contributed by atoms with Crippen molar-refractivity contribution in [1.29, 1.82) is 5.41 Å². The first-order valence-electron chi connectivity index (χ1n) is 3.35. The van der Waals surface area contributed by atoms with Crippen LogP contribution in [0.1, 0.15) is 26.7 Å². The average molecular weight is 143 g/mol. The lowest BCUT2D eigenvalue weighted by Crippen LogP contribution is -2.03. The quantitative estimate of drug-likeness (QED) is 0.369. The van der Waals surface area contributed by atoms with Gasteiger partial charge in [-0.25, -0.2) is 0 Å². The zero-order valence-corrected chi connectivity index (χ0v) is 6.39. The van der Waals surface area contributed by atoms with E-state index in [4.69, 9.17) is 5.41 Å². The monoisotopic (exact) mass is 143 g/mol. The standard InChI is InChI=1S/C7H13NO2/c1-6(2)3-4-7(9)10-5-8/h5-6,8H,3-4H2,1-2H3. The SMILES string of the molecule is CC(C)CCC(=O)OC=N. The van der Waals surface area contributed by atoms with E-state index >= 15 is 0 Å². The molecule has 0 aliphatic carbocycles. The van der Waals surface area contributed by atoms with Crippen LogP contribution in [0.4, 0.5) is 0 Å². The van der Waals surface area contributed by atoms with Crippen LogP contribution in [-0.4, -0.2) is 12.4 Å². The van der Waals surface area contributed by atoms with Crippen molar-refractivity contribution in [3.8, 4) is 0 Å². The number of hydrogen-bond donors (Lipinski definition) is 1. The predicted molar refractivity (Wildman–Crippen MR) is 38.9 cm³/mol. The van der Waals surface area contributed by atoms with Gasteiger partial charge in [-0.2, -0.15) is 0 Å². The minimum atomic E-state index is -0.316. The van der Waals surface area contributed by atoms with E-state index in [1.165, 1.54) is 0 Å². The molecule has 0 radical (unpaired) electrons. The van der Waals surface area contributed by atoms with Gasteiger partial charge in [-0.15, -0.1) is 0 Å². The lowest BCUT2D eigenvalue weighted by Gasteiger charge is -2.00. The van der Waals surface area contributed by atoms with E-state index in [0.717, 1.165) is 6.42 Å². The van der Waals surface area contributed by atoms with Crippen LogP contribution < -0.4 is 0 Å². The molecule has 0 aliphatic rings. The second-order valence-electron chi connectivity index (χ2n) is 2.54. The van der Waals surface area contributed by atoms with Crippen molar-refractivity contribution < 1.29 is 9.53 Å². The van der Waals surface area contributed by atoms with Gasteiger partial charge in [-0.1, -0.05) is 13.8 Å². The van der Waals surface area contributed by atoms with Gasteiger partial charge in [0.2, 0.25) is 0 Å². The van der Waals surface area contributed by atoms with Gasteiger partial charge in [0.1, 0.15) is 0 Å². The maximum atomic E-state index is 10.6. The fraction of sp³-hybridized carbons (Fsp3) is 0.714. The molecule has 0 bridgehead atoms. The maximum Gasteiger partial charge on any atom is 0.312 e. The zero-order valence-electron chi connectivity index (χ0n) is 6.39. The fourth-order valence-electron chi connectivity index (χ4n) is 0.531. The van der Waals surface area contributed by atoms with E-state index in [2.05, 4.69) is 4.74 Å². The van der Waals surface area contributed by atoms with Gasteiger partial charge in [0.05, 0.1) is 0 Å². The highest BCUT2D eigenvalue weighted by Gasteiger charge is 2.01. The molecule has 0 unspecified atom stereocenters. The first kappa shape index (κ1) is 9.14. The molecule has 0 heterocycles. The van der Waals surface area contributed by atoms with Crippen molar-refractivity contribution >= 4 is 12.4 Å². The summed E-state index contributed by atoms with van der Waals surface area (Å²) in [5.74, 6) is 0.196. The molecule has 3 heteroatoms. The normalized spacial score (nSPS) is 9.50. The van der Waals surface area contributed by atoms with Gasteiger partial charge in [0.25, 0.3) is 0 Å². The molecule has 58 valence electrons. The Morgan fingerprint density at radius 1 is 1.70 bits per heavy atom. The summed E-state index contributed by atoms with van der Waals surface area (Å²) in [4.78, 5) is 10.6. The molecule has 0 aliphatic heterocycles. The highest BCUT2D eigenvalue weighted by Crippen LogP contribution is 2.03. The second-order valence-corrected chi connectivity index (χ2v) is 2.54. The van der Waals surface area contributed by atoms with E-state index in [1.807, 2.05) is 13.8 Å². The first-order chi connectivity index (χ1) is 4.66. The van der Waals surface area contributed by atoms with Gasteiger partial charge in [0, 0.05) is 6.42 Å². The Balaban J connectivity index is 3.30. The van der Waals surface area contributed by atoms with Crippen molar-refractivity contribution in [2.24, 2.45) is 5.92 Å². The van der Waals surface area contributed by atoms with Gasteiger partial charge in [0.15, 0.2) is 6.40 Å². The van der Waals surface area contributed by atoms with Crippen molar-refractivity contribution in [1.82, 2.24) is 0 Å². The van der Waals surface area contributed by atoms with Crippen LogP contribution in [0.3, 0.4) is 0 Å². The Bertz CT molecular complexity index is 121. The Morgan fingerprint density at radius 3 is 2.70 bits per heavy atom. The van der Waals surface area contributed by atoms with Crippen LogP contribution >= 0.6 is 0 Å². The molecule has 0 fully saturated rings. The van der Waals surface area contributed by atoms with Gasteiger partial charge in [-0.3, -0.25) is 10.2 Å². The van der Waals surface area contributed by atoms with E-state index in [0.29, 0.717) is 18.7 Å².